The van der Waals surface area contributed by atoms with Gasteiger partial charge in [0.2, 0.25) is 0 Å². The molecule has 3 heterocycles. The molecule has 0 spiro atoms. The summed E-state index contributed by atoms with van der Waals surface area (Å²) in [5.41, 5.74) is 7.47. The predicted octanol–water partition coefficient (Wildman–Crippen LogP) is 4.86. The molecule has 32 heavy (non-hydrogen) atoms. The van der Waals surface area contributed by atoms with Gasteiger partial charge in [-0.25, -0.2) is 0 Å². The summed E-state index contributed by atoms with van der Waals surface area (Å²) in [6.45, 7) is 9.05. The number of fused-ring (bicyclic) bond motifs is 1. The molecule has 164 valence electrons. The summed E-state index contributed by atoms with van der Waals surface area (Å²) in [6.07, 6.45) is 1.69. The number of hydrogen-bond acceptors (Lipinski definition) is 3. The minimum atomic E-state index is 0.0833. The van der Waals surface area contributed by atoms with Crippen LogP contribution in [0.5, 0.6) is 0 Å². The normalized spacial score (nSPS) is 14.9. The van der Waals surface area contributed by atoms with E-state index >= 15 is 0 Å². The number of hydrogen-bond donors (Lipinski definition) is 0. The Bertz CT molecular complexity index is 1230. The maximum Gasteiger partial charge on any atom is 0.270 e. The van der Waals surface area contributed by atoms with Crippen LogP contribution in [0.4, 0.5) is 0 Å². The van der Waals surface area contributed by atoms with Gasteiger partial charge in [0.25, 0.3) is 5.91 Å². The van der Waals surface area contributed by atoms with E-state index < -0.39 is 0 Å². The van der Waals surface area contributed by atoms with Crippen LogP contribution in [-0.2, 0) is 13.1 Å². The van der Waals surface area contributed by atoms with Gasteiger partial charge in [0.1, 0.15) is 5.69 Å². The van der Waals surface area contributed by atoms with E-state index in [4.69, 9.17) is 4.42 Å². The molecule has 0 unspecified atom stereocenters. The van der Waals surface area contributed by atoms with Crippen molar-refractivity contribution in [1.29, 1.82) is 0 Å². The minimum absolute atomic E-state index is 0.0833. The fourth-order valence-corrected chi connectivity index (χ4v) is 4.51. The maximum absolute atomic E-state index is 13.5. The second-order valence-electron chi connectivity index (χ2n) is 8.77. The van der Waals surface area contributed by atoms with Crippen molar-refractivity contribution in [3.8, 4) is 0 Å². The van der Waals surface area contributed by atoms with Crippen molar-refractivity contribution in [2.75, 3.05) is 26.2 Å². The highest BCUT2D eigenvalue weighted by Crippen LogP contribution is 2.25. The fourth-order valence-electron chi connectivity index (χ4n) is 4.51. The smallest absolute Gasteiger partial charge is 0.270 e. The van der Waals surface area contributed by atoms with Crippen LogP contribution >= 0.6 is 0 Å². The summed E-state index contributed by atoms with van der Waals surface area (Å²) < 4.78 is 7.74. The van der Waals surface area contributed by atoms with Crippen LogP contribution in [0.25, 0.3) is 11.1 Å². The largest absolute Gasteiger partial charge is 0.463 e. The molecule has 2 aromatic carbocycles. The number of piperazine rings is 1. The predicted molar refractivity (Wildman–Crippen MR) is 127 cm³/mol. The quantitative estimate of drug-likeness (QED) is 0.457. The third kappa shape index (κ3) is 4.08. The number of carbonyl (C=O) groups excluding carboxylic acids is 1. The van der Waals surface area contributed by atoms with Gasteiger partial charge in [-0.15, -0.1) is 0 Å². The van der Waals surface area contributed by atoms with E-state index in [0.717, 1.165) is 43.8 Å². The van der Waals surface area contributed by atoms with Crippen LogP contribution in [0, 0.1) is 13.8 Å². The van der Waals surface area contributed by atoms with Crippen LogP contribution in [-0.4, -0.2) is 46.5 Å². The van der Waals surface area contributed by atoms with Gasteiger partial charge in [0.05, 0.1) is 11.8 Å². The van der Waals surface area contributed by atoms with Crippen molar-refractivity contribution >= 4 is 17.0 Å². The number of rotatable bonds is 5. The maximum atomic E-state index is 13.5. The summed E-state index contributed by atoms with van der Waals surface area (Å²) in [4.78, 5) is 17.9. The summed E-state index contributed by atoms with van der Waals surface area (Å²) >= 11 is 0. The highest BCUT2D eigenvalue weighted by atomic mass is 16.3. The average molecular weight is 428 g/mol. The van der Waals surface area contributed by atoms with Gasteiger partial charge in [0, 0.05) is 51.4 Å². The number of benzene rings is 2. The number of furan rings is 1. The SMILES string of the molecule is Cc1ccc(CN2CCN(C(=O)c3cc4occc4n3Cc3ccccc3C)CC2)cc1. The molecule has 1 aliphatic rings. The van der Waals surface area contributed by atoms with E-state index in [9.17, 15) is 4.79 Å². The lowest BCUT2D eigenvalue weighted by atomic mass is 10.1. The molecule has 5 nitrogen and oxygen atoms in total. The summed E-state index contributed by atoms with van der Waals surface area (Å²) in [5.74, 6) is 0.0833. The molecular formula is C27H29N3O2. The first-order valence-corrected chi connectivity index (χ1v) is 11.3. The highest BCUT2D eigenvalue weighted by molar-refractivity contribution is 5.97. The first-order valence-electron chi connectivity index (χ1n) is 11.3. The zero-order valence-corrected chi connectivity index (χ0v) is 18.8. The van der Waals surface area contributed by atoms with Gasteiger partial charge in [-0.2, -0.15) is 0 Å². The van der Waals surface area contributed by atoms with E-state index in [-0.39, 0.29) is 5.91 Å². The van der Waals surface area contributed by atoms with Gasteiger partial charge in [-0.1, -0.05) is 54.1 Å². The zero-order chi connectivity index (χ0) is 22.1. The number of aryl methyl sites for hydroxylation is 2. The van der Waals surface area contributed by atoms with Crippen LogP contribution in [0.3, 0.4) is 0 Å². The van der Waals surface area contributed by atoms with Crippen molar-refractivity contribution in [1.82, 2.24) is 14.4 Å². The van der Waals surface area contributed by atoms with E-state index in [1.54, 1.807) is 6.26 Å². The van der Waals surface area contributed by atoms with E-state index in [1.807, 2.05) is 29.2 Å². The Balaban J connectivity index is 1.31. The van der Waals surface area contributed by atoms with Gasteiger partial charge < -0.3 is 13.9 Å². The second kappa shape index (κ2) is 8.67. The Hall–Kier alpha value is -3.31. The lowest BCUT2D eigenvalue weighted by molar-refractivity contribution is 0.0619. The first kappa shape index (κ1) is 20.6. The van der Waals surface area contributed by atoms with Crippen molar-refractivity contribution in [2.24, 2.45) is 0 Å². The summed E-state index contributed by atoms with van der Waals surface area (Å²) in [7, 11) is 0. The Labute approximate surface area is 188 Å². The molecule has 0 atom stereocenters. The molecule has 2 aromatic heterocycles. The van der Waals surface area contributed by atoms with Gasteiger partial charge >= 0.3 is 0 Å². The van der Waals surface area contributed by atoms with Gasteiger partial charge in [-0.05, 0) is 30.5 Å². The topological polar surface area (TPSA) is 41.6 Å². The zero-order valence-electron chi connectivity index (χ0n) is 18.8. The third-order valence-corrected chi connectivity index (χ3v) is 6.52. The molecule has 4 aromatic rings. The molecule has 1 fully saturated rings. The standard InChI is InChI=1S/C27H29N3O2/c1-20-7-9-22(10-8-20)18-28-12-14-29(15-13-28)27(31)25-17-26-24(11-16-32-26)30(25)19-23-6-4-3-5-21(23)2/h3-11,16-17H,12-15,18-19H2,1-2H3. The number of aromatic nitrogens is 1. The molecule has 0 bridgehead atoms. The lowest BCUT2D eigenvalue weighted by Gasteiger charge is -2.35. The van der Waals surface area contributed by atoms with E-state index in [2.05, 4.69) is 59.7 Å². The van der Waals surface area contributed by atoms with Crippen molar-refractivity contribution in [2.45, 2.75) is 26.9 Å². The van der Waals surface area contributed by atoms with Crippen LogP contribution in [0.15, 0.2) is 71.3 Å². The molecule has 0 radical (unpaired) electrons. The number of amides is 1. The van der Waals surface area contributed by atoms with Crippen molar-refractivity contribution in [3.63, 3.8) is 0 Å². The Morgan fingerprint density at radius 1 is 0.906 bits per heavy atom. The molecule has 0 saturated carbocycles. The first-order chi connectivity index (χ1) is 15.6. The third-order valence-electron chi connectivity index (χ3n) is 6.52. The summed E-state index contributed by atoms with van der Waals surface area (Å²) in [6, 6.07) is 20.9. The molecule has 1 aliphatic heterocycles. The van der Waals surface area contributed by atoms with Gasteiger partial charge in [-0.3, -0.25) is 9.69 Å². The van der Waals surface area contributed by atoms with E-state index in [0.29, 0.717) is 12.2 Å². The van der Waals surface area contributed by atoms with Crippen molar-refractivity contribution < 1.29 is 9.21 Å². The highest BCUT2D eigenvalue weighted by Gasteiger charge is 2.26. The van der Waals surface area contributed by atoms with Crippen LogP contribution in [0.2, 0.25) is 0 Å². The van der Waals surface area contributed by atoms with Gasteiger partial charge in [0.15, 0.2) is 5.58 Å². The molecule has 0 N–H and O–H groups in total. The summed E-state index contributed by atoms with van der Waals surface area (Å²) in [5, 5.41) is 0. The second-order valence-corrected chi connectivity index (χ2v) is 8.77. The molecular weight excluding hydrogens is 398 g/mol. The van der Waals surface area contributed by atoms with Crippen LogP contribution < -0.4 is 0 Å². The number of nitrogens with zero attached hydrogens (tertiary/aromatic N) is 3. The molecule has 5 rings (SSSR count). The van der Waals surface area contributed by atoms with Crippen molar-refractivity contribution in [3.05, 3.63) is 94.9 Å². The number of carbonyl (C=O) groups is 1. The lowest BCUT2D eigenvalue weighted by Crippen LogP contribution is -2.48. The average Bonchev–Trinajstić information content (AvgIpc) is 3.39. The molecule has 5 heteroatoms. The Morgan fingerprint density at radius 3 is 2.41 bits per heavy atom. The Kier molecular flexibility index (Phi) is 5.58. The van der Waals surface area contributed by atoms with E-state index in [1.165, 1.54) is 22.3 Å². The molecule has 1 saturated heterocycles. The molecule has 0 aliphatic carbocycles. The Morgan fingerprint density at radius 2 is 1.66 bits per heavy atom. The monoisotopic (exact) mass is 427 g/mol. The molecule has 1 amide bonds. The van der Waals surface area contributed by atoms with Crippen LogP contribution in [0.1, 0.15) is 32.7 Å². The fraction of sp³-hybridized carbons (Fsp3) is 0.296. The minimum Gasteiger partial charge on any atom is -0.463 e.